The topological polar surface area (TPSA) is 29.1 Å². The zero-order valence-corrected chi connectivity index (χ0v) is 14.0. The molecular formula is C16H35N2O+. The van der Waals surface area contributed by atoms with Gasteiger partial charge < -0.3 is 9.80 Å². The number of nitrogens with zero attached hydrogens (tertiary/aromatic N) is 1. The molecule has 1 amide bonds. The lowest BCUT2D eigenvalue weighted by molar-refractivity contribution is -0.876. The highest BCUT2D eigenvalue weighted by Gasteiger charge is 2.26. The van der Waals surface area contributed by atoms with Crippen molar-refractivity contribution < 1.29 is 9.28 Å². The molecule has 0 saturated carbocycles. The Hall–Kier alpha value is -0.570. The monoisotopic (exact) mass is 271 g/mol. The molecule has 0 aromatic heterocycles. The zero-order chi connectivity index (χ0) is 14.9. The van der Waals surface area contributed by atoms with Gasteiger partial charge in [0.2, 0.25) is 5.91 Å². The summed E-state index contributed by atoms with van der Waals surface area (Å²) in [4.78, 5) is 11.8. The lowest BCUT2D eigenvalue weighted by Crippen LogP contribution is -2.47. The fourth-order valence-electron chi connectivity index (χ4n) is 2.66. The Bertz CT molecular complexity index is 254. The summed E-state index contributed by atoms with van der Waals surface area (Å²) in [5.41, 5.74) is 0.149. The number of carbonyl (C=O) groups excluding carboxylic acids is 1. The maximum Gasteiger partial charge on any atom is 0.220 e. The van der Waals surface area contributed by atoms with Gasteiger partial charge in [-0.25, -0.2) is 0 Å². The van der Waals surface area contributed by atoms with Crippen molar-refractivity contribution in [3.05, 3.63) is 0 Å². The van der Waals surface area contributed by atoms with Gasteiger partial charge in [0, 0.05) is 18.4 Å². The number of hydrogen-bond acceptors (Lipinski definition) is 1. The van der Waals surface area contributed by atoms with Crippen LogP contribution in [-0.4, -0.2) is 44.6 Å². The summed E-state index contributed by atoms with van der Waals surface area (Å²) in [5.74, 6) is 0.214. The molecule has 0 aromatic carbocycles. The molecule has 1 N–H and O–H groups in total. The van der Waals surface area contributed by atoms with E-state index in [1.165, 1.54) is 25.7 Å². The van der Waals surface area contributed by atoms with E-state index in [0.29, 0.717) is 6.42 Å². The molecule has 0 unspecified atom stereocenters. The van der Waals surface area contributed by atoms with Crippen LogP contribution in [0.15, 0.2) is 0 Å². The Kier molecular flexibility index (Phi) is 8.31. The predicted molar refractivity (Wildman–Crippen MR) is 83.1 cm³/mol. The number of rotatable bonds is 10. The van der Waals surface area contributed by atoms with E-state index in [-0.39, 0.29) is 11.3 Å². The van der Waals surface area contributed by atoms with Crippen LogP contribution in [0, 0.1) is 5.41 Å². The normalized spacial score (nSPS) is 12.5. The standard InChI is InChI=1S/C16H34N2O/c1-7-8-9-10-11-12-15(19)17-13-16(2,3)14-18(4,5)6/h7-14H2,1-6H3/p+1. The van der Waals surface area contributed by atoms with Gasteiger partial charge in [-0.2, -0.15) is 0 Å². The lowest BCUT2D eigenvalue weighted by Gasteiger charge is -2.34. The molecule has 0 radical (unpaired) electrons. The van der Waals surface area contributed by atoms with Gasteiger partial charge in [0.1, 0.15) is 0 Å². The smallest absolute Gasteiger partial charge is 0.220 e. The molecule has 3 heteroatoms. The summed E-state index contributed by atoms with van der Waals surface area (Å²) in [6, 6.07) is 0. The van der Waals surface area contributed by atoms with Crippen molar-refractivity contribution in [2.45, 2.75) is 59.3 Å². The minimum absolute atomic E-state index is 0.149. The maximum absolute atomic E-state index is 11.8. The third-order valence-electron chi connectivity index (χ3n) is 3.17. The van der Waals surface area contributed by atoms with Gasteiger partial charge in [-0.05, 0) is 6.42 Å². The van der Waals surface area contributed by atoms with Gasteiger partial charge in [-0.1, -0.05) is 46.5 Å². The van der Waals surface area contributed by atoms with E-state index < -0.39 is 0 Å². The molecule has 0 aromatic rings. The summed E-state index contributed by atoms with van der Waals surface area (Å²) >= 11 is 0. The molecule has 0 bridgehead atoms. The maximum atomic E-state index is 11.8. The Morgan fingerprint density at radius 3 is 2.16 bits per heavy atom. The van der Waals surface area contributed by atoms with Crippen LogP contribution in [0.1, 0.15) is 59.3 Å². The van der Waals surface area contributed by atoms with Crippen LogP contribution in [0.5, 0.6) is 0 Å². The molecule has 0 saturated heterocycles. The molecule has 0 heterocycles. The molecular weight excluding hydrogens is 236 g/mol. The van der Waals surface area contributed by atoms with Crippen LogP contribution < -0.4 is 5.32 Å². The lowest BCUT2D eigenvalue weighted by atomic mass is 9.92. The van der Waals surface area contributed by atoms with E-state index in [4.69, 9.17) is 0 Å². The van der Waals surface area contributed by atoms with Crippen molar-refractivity contribution in [1.82, 2.24) is 5.32 Å². The van der Waals surface area contributed by atoms with Crippen LogP contribution in [0.3, 0.4) is 0 Å². The number of amides is 1. The fraction of sp³-hybridized carbons (Fsp3) is 0.938. The van der Waals surface area contributed by atoms with Crippen LogP contribution >= 0.6 is 0 Å². The SMILES string of the molecule is CCCCCCCC(=O)NCC(C)(C)C[N+](C)(C)C. The van der Waals surface area contributed by atoms with E-state index in [9.17, 15) is 4.79 Å². The minimum Gasteiger partial charge on any atom is -0.355 e. The van der Waals surface area contributed by atoms with Gasteiger partial charge >= 0.3 is 0 Å². The Morgan fingerprint density at radius 2 is 1.63 bits per heavy atom. The number of nitrogens with one attached hydrogen (secondary N) is 1. The second-order valence-electron chi connectivity index (χ2n) is 7.55. The average Bonchev–Trinajstić information content (AvgIpc) is 2.23. The first kappa shape index (κ1) is 18.4. The van der Waals surface area contributed by atoms with Crippen molar-refractivity contribution in [3.63, 3.8) is 0 Å². The first-order valence-electron chi connectivity index (χ1n) is 7.73. The van der Waals surface area contributed by atoms with Crippen LogP contribution in [0.4, 0.5) is 0 Å². The van der Waals surface area contributed by atoms with E-state index >= 15 is 0 Å². The van der Waals surface area contributed by atoms with Crippen LogP contribution in [0.2, 0.25) is 0 Å². The van der Waals surface area contributed by atoms with Crippen LogP contribution in [-0.2, 0) is 4.79 Å². The van der Waals surface area contributed by atoms with Crippen molar-refractivity contribution >= 4 is 5.91 Å². The molecule has 19 heavy (non-hydrogen) atoms. The Labute approximate surface area is 120 Å². The second-order valence-corrected chi connectivity index (χ2v) is 7.55. The number of carbonyl (C=O) groups is 1. The largest absolute Gasteiger partial charge is 0.355 e. The van der Waals surface area contributed by atoms with Gasteiger partial charge in [-0.15, -0.1) is 0 Å². The number of hydrogen-bond donors (Lipinski definition) is 1. The minimum atomic E-state index is 0.149. The molecule has 0 rings (SSSR count). The third-order valence-corrected chi connectivity index (χ3v) is 3.17. The first-order valence-corrected chi connectivity index (χ1v) is 7.73. The molecule has 0 spiro atoms. The number of quaternary nitrogens is 1. The van der Waals surface area contributed by atoms with E-state index in [2.05, 4.69) is 47.2 Å². The van der Waals surface area contributed by atoms with Gasteiger partial charge in [0.25, 0.3) is 0 Å². The molecule has 114 valence electrons. The molecule has 0 atom stereocenters. The molecule has 0 fully saturated rings. The number of unbranched alkanes of at least 4 members (excludes halogenated alkanes) is 4. The fourth-order valence-corrected chi connectivity index (χ4v) is 2.66. The predicted octanol–water partition coefficient (Wildman–Crippen LogP) is 3.20. The molecule has 0 aliphatic heterocycles. The summed E-state index contributed by atoms with van der Waals surface area (Å²) in [5, 5.41) is 3.09. The Morgan fingerprint density at radius 1 is 1.05 bits per heavy atom. The van der Waals surface area contributed by atoms with Crippen LogP contribution in [0.25, 0.3) is 0 Å². The van der Waals surface area contributed by atoms with Gasteiger partial charge in [0.15, 0.2) is 0 Å². The molecule has 0 aliphatic carbocycles. The van der Waals surface area contributed by atoms with Crippen molar-refractivity contribution in [2.75, 3.05) is 34.2 Å². The van der Waals surface area contributed by atoms with Crippen molar-refractivity contribution in [3.8, 4) is 0 Å². The summed E-state index contributed by atoms with van der Waals surface area (Å²) < 4.78 is 0.930. The Balaban J connectivity index is 3.77. The average molecular weight is 271 g/mol. The van der Waals surface area contributed by atoms with E-state index in [1.54, 1.807) is 0 Å². The van der Waals surface area contributed by atoms with Crippen molar-refractivity contribution in [1.29, 1.82) is 0 Å². The highest BCUT2D eigenvalue weighted by atomic mass is 16.1. The first-order chi connectivity index (χ1) is 8.66. The quantitative estimate of drug-likeness (QED) is 0.480. The highest BCUT2D eigenvalue weighted by molar-refractivity contribution is 5.75. The van der Waals surface area contributed by atoms with Crippen molar-refractivity contribution in [2.24, 2.45) is 5.41 Å². The van der Waals surface area contributed by atoms with Gasteiger partial charge in [-0.3, -0.25) is 4.79 Å². The van der Waals surface area contributed by atoms with E-state index in [0.717, 1.165) is 24.0 Å². The third kappa shape index (κ3) is 12.2. The summed E-state index contributed by atoms with van der Waals surface area (Å²) in [6.45, 7) is 8.48. The zero-order valence-electron chi connectivity index (χ0n) is 14.0. The van der Waals surface area contributed by atoms with Gasteiger partial charge in [0.05, 0.1) is 27.7 Å². The molecule has 0 aliphatic rings. The highest BCUT2D eigenvalue weighted by Crippen LogP contribution is 2.17. The molecule has 3 nitrogen and oxygen atoms in total. The van der Waals surface area contributed by atoms with E-state index in [1.807, 2.05) is 0 Å². The second kappa shape index (κ2) is 8.57. The summed E-state index contributed by atoms with van der Waals surface area (Å²) in [6.07, 6.45) is 6.70. The summed E-state index contributed by atoms with van der Waals surface area (Å²) in [7, 11) is 6.58.